The van der Waals surface area contributed by atoms with E-state index in [9.17, 15) is 4.39 Å². The van der Waals surface area contributed by atoms with E-state index >= 15 is 0 Å². The lowest BCUT2D eigenvalue weighted by Gasteiger charge is -2.19. The van der Waals surface area contributed by atoms with Crippen LogP contribution >= 0.6 is 0 Å². The molecule has 110 valence electrons. The molecule has 3 rings (SSSR count). The van der Waals surface area contributed by atoms with E-state index in [4.69, 9.17) is 4.74 Å². The molecule has 0 amide bonds. The maximum atomic E-state index is 13.4. The molecule has 1 atom stereocenters. The summed E-state index contributed by atoms with van der Waals surface area (Å²) in [5.74, 6) is 0.310. The fourth-order valence-electron chi connectivity index (χ4n) is 2.95. The number of aryl methyl sites for hydroxylation is 2. The van der Waals surface area contributed by atoms with Gasteiger partial charge >= 0.3 is 0 Å². The van der Waals surface area contributed by atoms with Crippen molar-refractivity contribution in [1.82, 2.24) is 0 Å². The molecule has 0 bridgehead atoms. The second-order valence-corrected chi connectivity index (χ2v) is 5.51. The van der Waals surface area contributed by atoms with Crippen molar-refractivity contribution in [2.45, 2.75) is 32.7 Å². The third-order valence-corrected chi connectivity index (χ3v) is 3.95. The normalized spacial score (nSPS) is 16.6. The van der Waals surface area contributed by atoms with Gasteiger partial charge in [-0.1, -0.05) is 23.8 Å². The molecule has 3 heteroatoms. The first-order chi connectivity index (χ1) is 10.2. The number of rotatable bonds is 4. The molecule has 0 saturated carbocycles. The SMILES string of the molecule is CCOc1cc(F)ccc1NC1CCc2ccc(C)cc21. The van der Waals surface area contributed by atoms with Crippen molar-refractivity contribution in [3.63, 3.8) is 0 Å². The molecule has 0 saturated heterocycles. The largest absolute Gasteiger partial charge is 0.492 e. The van der Waals surface area contributed by atoms with Crippen LogP contribution in [0.2, 0.25) is 0 Å². The Bertz CT molecular complexity index is 654. The van der Waals surface area contributed by atoms with Crippen molar-refractivity contribution in [2.75, 3.05) is 11.9 Å². The highest BCUT2D eigenvalue weighted by Gasteiger charge is 2.23. The van der Waals surface area contributed by atoms with Crippen LogP contribution in [0.1, 0.15) is 36.1 Å². The topological polar surface area (TPSA) is 21.3 Å². The maximum absolute atomic E-state index is 13.4. The Morgan fingerprint density at radius 1 is 1.24 bits per heavy atom. The minimum absolute atomic E-state index is 0.268. The van der Waals surface area contributed by atoms with Crippen molar-refractivity contribution in [3.05, 3.63) is 58.9 Å². The number of fused-ring (bicyclic) bond motifs is 1. The van der Waals surface area contributed by atoms with Gasteiger partial charge in [-0.15, -0.1) is 0 Å². The van der Waals surface area contributed by atoms with Crippen LogP contribution in [0.15, 0.2) is 36.4 Å². The molecule has 21 heavy (non-hydrogen) atoms. The third kappa shape index (κ3) is 2.87. The highest BCUT2D eigenvalue weighted by Crippen LogP contribution is 2.37. The van der Waals surface area contributed by atoms with Crippen LogP contribution < -0.4 is 10.1 Å². The lowest BCUT2D eigenvalue weighted by atomic mass is 10.0. The smallest absolute Gasteiger partial charge is 0.145 e. The third-order valence-electron chi connectivity index (χ3n) is 3.95. The quantitative estimate of drug-likeness (QED) is 0.884. The lowest BCUT2D eigenvalue weighted by Crippen LogP contribution is -2.09. The molecule has 1 aliphatic rings. The van der Waals surface area contributed by atoms with E-state index in [0.29, 0.717) is 12.4 Å². The molecule has 0 fully saturated rings. The van der Waals surface area contributed by atoms with Gasteiger partial charge in [0, 0.05) is 6.07 Å². The predicted octanol–water partition coefficient (Wildman–Crippen LogP) is 4.63. The summed E-state index contributed by atoms with van der Waals surface area (Å²) in [6, 6.07) is 11.5. The van der Waals surface area contributed by atoms with Crippen molar-refractivity contribution in [2.24, 2.45) is 0 Å². The summed E-state index contributed by atoms with van der Waals surface area (Å²) in [4.78, 5) is 0. The summed E-state index contributed by atoms with van der Waals surface area (Å²) in [5, 5.41) is 3.51. The number of hydrogen-bond donors (Lipinski definition) is 1. The Morgan fingerprint density at radius 2 is 2.10 bits per heavy atom. The summed E-state index contributed by atoms with van der Waals surface area (Å²) in [7, 11) is 0. The number of nitrogens with one attached hydrogen (secondary N) is 1. The zero-order valence-electron chi connectivity index (χ0n) is 12.4. The summed E-state index contributed by atoms with van der Waals surface area (Å²) < 4.78 is 18.9. The molecule has 2 nitrogen and oxygen atoms in total. The van der Waals surface area contributed by atoms with E-state index in [0.717, 1.165) is 18.5 Å². The van der Waals surface area contributed by atoms with Crippen LogP contribution in [-0.2, 0) is 6.42 Å². The zero-order chi connectivity index (χ0) is 14.8. The monoisotopic (exact) mass is 285 g/mol. The minimum Gasteiger partial charge on any atom is -0.492 e. The molecule has 1 unspecified atom stereocenters. The number of hydrogen-bond acceptors (Lipinski definition) is 2. The van der Waals surface area contributed by atoms with Crippen molar-refractivity contribution in [3.8, 4) is 5.75 Å². The summed E-state index contributed by atoms with van der Waals surface area (Å²) in [6.45, 7) is 4.54. The van der Waals surface area contributed by atoms with E-state index in [2.05, 4.69) is 30.4 Å². The van der Waals surface area contributed by atoms with Crippen LogP contribution in [0.4, 0.5) is 10.1 Å². The number of ether oxygens (including phenoxy) is 1. The van der Waals surface area contributed by atoms with Crippen molar-refractivity contribution in [1.29, 1.82) is 0 Å². The van der Waals surface area contributed by atoms with Gasteiger partial charge in [0.2, 0.25) is 0 Å². The Hall–Kier alpha value is -2.03. The van der Waals surface area contributed by atoms with Crippen molar-refractivity contribution >= 4 is 5.69 Å². The Kier molecular flexibility index (Phi) is 3.82. The fourth-order valence-corrected chi connectivity index (χ4v) is 2.95. The second kappa shape index (κ2) is 5.76. The van der Waals surface area contributed by atoms with Crippen LogP contribution in [0.25, 0.3) is 0 Å². The Morgan fingerprint density at radius 3 is 2.90 bits per heavy atom. The summed E-state index contributed by atoms with van der Waals surface area (Å²) in [6.07, 6.45) is 2.14. The minimum atomic E-state index is -0.272. The van der Waals surface area contributed by atoms with Gasteiger partial charge in [0.25, 0.3) is 0 Å². The molecule has 0 aromatic heterocycles. The van der Waals surface area contributed by atoms with Gasteiger partial charge in [0.15, 0.2) is 0 Å². The Balaban J connectivity index is 1.87. The Labute approximate surface area is 125 Å². The van der Waals surface area contributed by atoms with Gasteiger partial charge in [0.05, 0.1) is 18.3 Å². The van der Waals surface area contributed by atoms with Gasteiger partial charge in [-0.3, -0.25) is 0 Å². The van der Waals surface area contributed by atoms with Gasteiger partial charge < -0.3 is 10.1 Å². The predicted molar refractivity (Wildman–Crippen MR) is 83.4 cm³/mol. The molecule has 0 aliphatic heterocycles. The fraction of sp³-hybridized carbons (Fsp3) is 0.333. The lowest BCUT2D eigenvalue weighted by molar-refractivity contribution is 0.339. The standard InChI is InChI=1S/C18H20FNO/c1-3-21-18-11-14(19)7-9-17(18)20-16-8-6-13-5-4-12(2)10-15(13)16/h4-5,7,9-11,16,20H,3,6,8H2,1-2H3. The second-order valence-electron chi connectivity index (χ2n) is 5.51. The molecule has 0 heterocycles. The van der Waals surface area contributed by atoms with Gasteiger partial charge in [-0.05, 0) is 49.9 Å². The van der Waals surface area contributed by atoms with E-state index in [1.165, 1.54) is 28.8 Å². The van der Waals surface area contributed by atoms with E-state index in [1.807, 2.05) is 6.92 Å². The molecule has 1 N–H and O–H groups in total. The van der Waals surface area contributed by atoms with Crippen molar-refractivity contribution < 1.29 is 9.13 Å². The van der Waals surface area contributed by atoms with E-state index in [1.54, 1.807) is 6.07 Å². The molecule has 0 spiro atoms. The first-order valence-corrected chi connectivity index (χ1v) is 7.45. The molecule has 2 aromatic rings. The van der Waals surface area contributed by atoms with E-state index < -0.39 is 0 Å². The summed E-state index contributed by atoms with van der Waals surface area (Å²) in [5.41, 5.74) is 4.88. The average molecular weight is 285 g/mol. The van der Waals surface area contributed by atoms with Gasteiger partial charge in [0.1, 0.15) is 11.6 Å². The van der Waals surface area contributed by atoms with Crippen LogP contribution in [0.3, 0.4) is 0 Å². The number of anilines is 1. The first kappa shape index (κ1) is 13.9. The average Bonchev–Trinajstić information content (AvgIpc) is 2.84. The molecule has 1 aliphatic carbocycles. The van der Waals surface area contributed by atoms with Crippen LogP contribution in [0.5, 0.6) is 5.75 Å². The summed E-state index contributed by atoms with van der Waals surface area (Å²) >= 11 is 0. The highest BCUT2D eigenvalue weighted by molar-refractivity contribution is 5.58. The highest BCUT2D eigenvalue weighted by atomic mass is 19.1. The zero-order valence-corrected chi connectivity index (χ0v) is 12.4. The van der Waals surface area contributed by atoms with Gasteiger partial charge in [-0.25, -0.2) is 4.39 Å². The first-order valence-electron chi connectivity index (χ1n) is 7.45. The maximum Gasteiger partial charge on any atom is 0.145 e. The molecular weight excluding hydrogens is 265 g/mol. The van der Waals surface area contributed by atoms with Crippen LogP contribution in [-0.4, -0.2) is 6.61 Å². The van der Waals surface area contributed by atoms with Crippen LogP contribution in [0, 0.1) is 12.7 Å². The molecular formula is C18H20FNO. The molecule has 2 aromatic carbocycles. The number of benzene rings is 2. The number of halogens is 1. The van der Waals surface area contributed by atoms with E-state index in [-0.39, 0.29) is 11.9 Å². The van der Waals surface area contributed by atoms with Gasteiger partial charge in [-0.2, -0.15) is 0 Å². The molecule has 0 radical (unpaired) electrons.